The first-order valence-electron chi connectivity index (χ1n) is 6.67. The smallest absolute Gasteiger partial charge is 0.266 e. The highest BCUT2D eigenvalue weighted by Gasteiger charge is 2.11. The summed E-state index contributed by atoms with van der Waals surface area (Å²) in [5, 5.41) is 12.9. The number of nitrogens with one attached hydrogen (secondary N) is 2. The van der Waals surface area contributed by atoms with Crippen LogP contribution in [0.25, 0.3) is 17.0 Å². The zero-order valence-corrected chi connectivity index (χ0v) is 11.6. The molecule has 5 nitrogen and oxygen atoms in total. The first-order valence-corrected chi connectivity index (χ1v) is 6.67. The van der Waals surface area contributed by atoms with Crippen molar-refractivity contribution in [2.24, 2.45) is 0 Å². The lowest BCUT2D eigenvalue weighted by atomic mass is 10.1. The number of pyridine rings is 1. The molecule has 0 aliphatic carbocycles. The topological polar surface area (TPSA) is 81.6 Å². The van der Waals surface area contributed by atoms with Crippen LogP contribution in [0.15, 0.2) is 60.6 Å². The third kappa shape index (κ3) is 2.72. The van der Waals surface area contributed by atoms with Crippen molar-refractivity contribution in [1.82, 2.24) is 9.97 Å². The van der Waals surface area contributed by atoms with Crippen LogP contribution in [0.1, 0.15) is 5.56 Å². The van der Waals surface area contributed by atoms with Gasteiger partial charge in [-0.2, -0.15) is 5.26 Å². The van der Waals surface area contributed by atoms with Crippen molar-refractivity contribution in [3.8, 4) is 6.07 Å². The number of nitriles is 1. The second-order valence-corrected chi connectivity index (χ2v) is 4.66. The van der Waals surface area contributed by atoms with E-state index in [1.807, 2.05) is 30.3 Å². The number of fused-ring (bicyclic) bond motifs is 1. The highest BCUT2D eigenvalue weighted by Crippen LogP contribution is 2.20. The number of amides is 1. The van der Waals surface area contributed by atoms with E-state index in [1.54, 1.807) is 30.6 Å². The van der Waals surface area contributed by atoms with Crippen LogP contribution in [0.2, 0.25) is 0 Å². The number of aromatic amines is 1. The summed E-state index contributed by atoms with van der Waals surface area (Å²) in [5.41, 5.74) is 2.34. The molecule has 0 fully saturated rings. The summed E-state index contributed by atoms with van der Waals surface area (Å²) in [6.45, 7) is 0. The number of H-pyrrole nitrogens is 1. The fraction of sp³-hybridized carbons (Fsp3) is 0. The Balaban J connectivity index is 1.90. The summed E-state index contributed by atoms with van der Waals surface area (Å²) in [7, 11) is 0. The summed E-state index contributed by atoms with van der Waals surface area (Å²) >= 11 is 0. The van der Waals surface area contributed by atoms with Crippen molar-refractivity contribution in [1.29, 1.82) is 5.26 Å². The van der Waals surface area contributed by atoms with Gasteiger partial charge in [0, 0.05) is 28.9 Å². The number of aromatic nitrogens is 2. The van der Waals surface area contributed by atoms with E-state index >= 15 is 0 Å². The first-order chi connectivity index (χ1) is 10.8. The van der Waals surface area contributed by atoms with Crippen molar-refractivity contribution >= 4 is 28.6 Å². The van der Waals surface area contributed by atoms with Gasteiger partial charge in [0.2, 0.25) is 0 Å². The van der Waals surface area contributed by atoms with Crippen molar-refractivity contribution in [2.75, 3.05) is 5.32 Å². The fourth-order valence-corrected chi connectivity index (χ4v) is 2.15. The number of carbonyl (C=O) groups excluding carboxylic acids is 1. The summed E-state index contributed by atoms with van der Waals surface area (Å²) in [6.07, 6.45) is 6.49. The van der Waals surface area contributed by atoms with Gasteiger partial charge in [0.05, 0.1) is 11.9 Å². The molecule has 2 aromatic heterocycles. The molecule has 0 spiro atoms. The van der Waals surface area contributed by atoms with E-state index in [-0.39, 0.29) is 5.57 Å². The van der Waals surface area contributed by atoms with Gasteiger partial charge in [0.15, 0.2) is 0 Å². The summed E-state index contributed by atoms with van der Waals surface area (Å²) in [6, 6.07) is 13.1. The number of benzene rings is 1. The maximum Gasteiger partial charge on any atom is 0.266 e. The molecule has 1 aromatic carbocycles. The van der Waals surface area contributed by atoms with Crippen molar-refractivity contribution in [3.05, 3.63) is 66.1 Å². The zero-order valence-electron chi connectivity index (χ0n) is 11.6. The Kier molecular flexibility index (Phi) is 3.67. The van der Waals surface area contributed by atoms with Gasteiger partial charge in [-0.3, -0.25) is 9.78 Å². The number of nitrogens with zero attached hydrogens (tertiary/aromatic N) is 2. The SMILES string of the molecule is N#C/C(=C/c1c[nH]c2ccccc12)C(=O)Nc1cccnc1. The van der Waals surface area contributed by atoms with Crippen LogP contribution in [-0.4, -0.2) is 15.9 Å². The van der Waals surface area contributed by atoms with E-state index in [1.165, 1.54) is 6.20 Å². The Morgan fingerprint density at radius 3 is 2.91 bits per heavy atom. The minimum atomic E-state index is -0.458. The van der Waals surface area contributed by atoms with Crippen LogP contribution in [0.5, 0.6) is 0 Å². The van der Waals surface area contributed by atoms with E-state index in [0.717, 1.165) is 16.5 Å². The van der Waals surface area contributed by atoms with E-state index < -0.39 is 5.91 Å². The van der Waals surface area contributed by atoms with Crippen molar-refractivity contribution in [2.45, 2.75) is 0 Å². The van der Waals surface area contributed by atoms with Gasteiger partial charge in [-0.15, -0.1) is 0 Å². The Bertz CT molecular complexity index is 888. The molecule has 3 rings (SSSR count). The second kappa shape index (κ2) is 5.94. The van der Waals surface area contributed by atoms with Crippen molar-refractivity contribution < 1.29 is 4.79 Å². The lowest BCUT2D eigenvalue weighted by Gasteiger charge is -2.02. The number of hydrogen-bond donors (Lipinski definition) is 2. The number of anilines is 1. The Hall–Kier alpha value is -3.39. The molecule has 3 aromatic rings. The average Bonchev–Trinajstić information content (AvgIpc) is 2.96. The first kappa shape index (κ1) is 13.6. The molecule has 0 bridgehead atoms. The highest BCUT2D eigenvalue weighted by atomic mass is 16.1. The molecule has 2 heterocycles. The molecule has 106 valence electrons. The number of rotatable bonds is 3. The number of carbonyl (C=O) groups is 1. The van der Waals surface area contributed by atoms with Crippen LogP contribution in [-0.2, 0) is 4.79 Å². The van der Waals surface area contributed by atoms with Gasteiger partial charge in [-0.1, -0.05) is 18.2 Å². The Morgan fingerprint density at radius 1 is 1.27 bits per heavy atom. The van der Waals surface area contributed by atoms with Gasteiger partial charge in [-0.05, 0) is 24.3 Å². The summed E-state index contributed by atoms with van der Waals surface area (Å²) < 4.78 is 0. The molecule has 1 amide bonds. The predicted octanol–water partition coefficient (Wildman–Crippen LogP) is 3.11. The largest absolute Gasteiger partial charge is 0.361 e. The van der Waals surface area contributed by atoms with Gasteiger partial charge < -0.3 is 10.3 Å². The molecule has 0 saturated carbocycles. The molecule has 2 N–H and O–H groups in total. The summed E-state index contributed by atoms with van der Waals surface area (Å²) in [5.74, 6) is -0.458. The third-order valence-electron chi connectivity index (χ3n) is 3.21. The minimum Gasteiger partial charge on any atom is -0.361 e. The Labute approximate surface area is 126 Å². The van der Waals surface area contributed by atoms with E-state index in [2.05, 4.69) is 15.3 Å². The van der Waals surface area contributed by atoms with Gasteiger partial charge in [0.1, 0.15) is 11.6 Å². The quantitative estimate of drug-likeness (QED) is 0.574. The van der Waals surface area contributed by atoms with Crippen LogP contribution >= 0.6 is 0 Å². The van der Waals surface area contributed by atoms with Crippen LogP contribution in [0.4, 0.5) is 5.69 Å². The van der Waals surface area contributed by atoms with Gasteiger partial charge in [-0.25, -0.2) is 0 Å². The average molecular weight is 288 g/mol. The van der Waals surface area contributed by atoms with Crippen molar-refractivity contribution in [3.63, 3.8) is 0 Å². The molecule has 5 heteroatoms. The van der Waals surface area contributed by atoms with Crippen LogP contribution in [0, 0.1) is 11.3 Å². The molecule has 0 atom stereocenters. The lowest BCUT2D eigenvalue weighted by molar-refractivity contribution is -0.112. The lowest BCUT2D eigenvalue weighted by Crippen LogP contribution is -2.13. The second-order valence-electron chi connectivity index (χ2n) is 4.66. The Morgan fingerprint density at radius 2 is 2.14 bits per heavy atom. The molecular weight excluding hydrogens is 276 g/mol. The third-order valence-corrected chi connectivity index (χ3v) is 3.21. The highest BCUT2D eigenvalue weighted by molar-refractivity contribution is 6.10. The molecule has 0 aliphatic rings. The van der Waals surface area contributed by atoms with E-state index in [0.29, 0.717) is 5.69 Å². The molecule has 0 unspecified atom stereocenters. The minimum absolute atomic E-state index is 0.0357. The van der Waals surface area contributed by atoms with E-state index in [9.17, 15) is 10.1 Å². The maximum atomic E-state index is 12.2. The molecule has 0 saturated heterocycles. The molecule has 22 heavy (non-hydrogen) atoms. The predicted molar refractivity (Wildman–Crippen MR) is 84.8 cm³/mol. The molecule has 0 radical (unpaired) electrons. The van der Waals surface area contributed by atoms with Crippen LogP contribution < -0.4 is 5.32 Å². The summed E-state index contributed by atoms with van der Waals surface area (Å²) in [4.78, 5) is 19.2. The fourth-order valence-electron chi connectivity index (χ4n) is 2.15. The van der Waals surface area contributed by atoms with Crippen LogP contribution in [0.3, 0.4) is 0 Å². The normalized spacial score (nSPS) is 11.1. The van der Waals surface area contributed by atoms with Gasteiger partial charge in [0.25, 0.3) is 5.91 Å². The van der Waals surface area contributed by atoms with E-state index in [4.69, 9.17) is 0 Å². The molecule has 0 aliphatic heterocycles. The number of para-hydroxylation sites is 1. The molecular formula is C17H12N4O. The zero-order chi connectivity index (χ0) is 15.4. The standard InChI is InChI=1S/C17H12N4O/c18-9-12(17(22)21-14-4-3-7-19-11-14)8-13-10-20-16-6-2-1-5-15(13)16/h1-8,10-11,20H,(H,21,22)/b12-8-. The number of hydrogen-bond acceptors (Lipinski definition) is 3. The monoisotopic (exact) mass is 288 g/mol. The van der Waals surface area contributed by atoms with Gasteiger partial charge >= 0.3 is 0 Å². The maximum absolute atomic E-state index is 12.2.